The lowest BCUT2D eigenvalue weighted by molar-refractivity contribution is 0.0464. The van der Waals surface area contributed by atoms with Gasteiger partial charge in [-0.05, 0) is 50.3 Å². The van der Waals surface area contributed by atoms with E-state index < -0.39 is 0 Å². The summed E-state index contributed by atoms with van der Waals surface area (Å²) in [6, 6.07) is 9.02. The molecule has 1 unspecified atom stereocenters. The first-order chi connectivity index (χ1) is 9.61. The Morgan fingerprint density at radius 3 is 2.70 bits per heavy atom. The number of nitrogens with one attached hydrogen (secondary N) is 1. The fraction of sp³-hybridized carbons (Fsp3) is 0.647. The smallest absolute Gasteiger partial charge is 0.0546 e. The fourth-order valence-electron chi connectivity index (χ4n) is 3.01. The van der Waals surface area contributed by atoms with Crippen LogP contribution in [-0.4, -0.2) is 31.3 Å². The predicted molar refractivity (Wildman–Crippen MR) is 85.2 cm³/mol. The van der Waals surface area contributed by atoms with Crippen LogP contribution in [-0.2, 0) is 0 Å². The molecule has 0 spiro atoms. The molecule has 0 aliphatic heterocycles. The van der Waals surface area contributed by atoms with Crippen LogP contribution >= 0.6 is 0 Å². The number of hydrogen-bond donors (Lipinski definition) is 2. The summed E-state index contributed by atoms with van der Waals surface area (Å²) < 4.78 is 0. The van der Waals surface area contributed by atoms with Gasteiger partial charge in [-0.1, -0.05) is 25.1 Å². The Hall–Kier alpha value is -1.06. The van der Waals surface area contributed by atoms with E-state index in [0.29, 0.717) is 12.0 Å². The van der Waals surface area contributed by atoms with Crippen LogP contribution in [0.1, 0.15) is 44.7 Å². The maximum atomic E-state index is 9.41. The number of aliphatic hydroxyl groups excluding tert-OH is 1. The third kappa shape index (κ3) is 3.74. The molecule has 2 N–H and O–H groups in total. The van der Waals surface area contributed by atoms with Crippen LogP contribution in [0.4, 0.5) is 5.69 Å². The molecule has 1 aromatic rings. The van der Waals surface area contributed by atoms with Gasteiger partial charge in [-0.2, -0.15) is 0 Å². The van der Waals surface area contributed by atoms with E-state index in [2.05, 4.69) is 55.4 Å². The van der Waals surface area contributed by atoms with Crippen LogP contribution in [0, 0.1) is 5.92 Å². The van der Waals surface area contributed by atoms with Gasteiger partial charge in [0.25, 0.3) is 0 Å². The van der Waals surface area contributed by atoms with E-state index in [1.54, 1.807) is 0 Å². The quantitative estimate of drug-likeness (QED) is 0.804. The maximum absolute atomic E-state index is 9.41. The monoisotopic (exact) mass is 276 g/mol. The molecule has 1 aliphatic carbocycles. The van der Waals surface area contributed by atoms with Gasteiger partial charge in [-0.15, -0.1) is 0 Å². The van der Waals surface area contributed by atoms with Crippen LogP contribution in [0.15, 0.2) is 24.3 Å². The lowest BCUT2D eigenvalue weighted by atomic mass is 9.82. The van der Waals surface area contributed by atoms with Gasteiger partial charge in [0.2, 0.25) is 0 Å². The molecule has 1 saturated carbocycles. The highest BCUT2D eigenvalue weighted by Gasteiger charge is 2.28. The number of benzene rings is 1. The minimum Gasteiger partial charge on any atom is -0.393 e. The number of nitrogens with zero attached hydrogens (tertiary/aromatic N) is 1. The van der Waals surface area contributed by atoms with E-state index in [0.717, 1.165) is 32.4 Å². The standard InChI is InChI=1S/C17H28N2O/c1-4-9-18-13(2)16-7-5-6-8-17(16)19(3)12-14-10-15(20)11-14/h5-8,13-15,18,20H,4,9-12H2,1-3H3. The molecule has 0 radical (unpaired) electrons. The summed E-state index contributed by atoms with van der Waals surface area (Å²) in [6.07, 6.45) is 3.00. The molecule has 3 heteroatoms. The van der Waals surface area contributed by atoms with Crippen molar-refractivity contribution in [3.63, 3.8) is 0 Å². The van der Waals surface area contributed by atoms with Gasteiger partial charge in [0, 0.05) is 25.3 Å². The molecule has 2 rings (SSSR count). The number of anilines is 1. The first kappa shape index (κ1) is 15.3. The highest BCUT2D eigenvalue weighted by atomic mass is 16.3. The Balaban J connectivity index is 2.02. The van der Waals surface area contributed by atoms with Gasteiger partial charge in [0.05, 0.1) is 6.10 Å². The second-order valence-electron chi connectivity index (χ2n) is 6.11. The summed E-state index contributed by atoms with van der Waals surface area (Å²) in [4.78, 5) is 2.34. The largest absolute Gasteiger partial charge is 0.393 e. The molecule has 0 amide bonds. The zero-order valence-corrected chi connectivity index (χ0v) is 13.0. The van der Waals surface area contributed by atoms with Gasteiger partial charge in [-0.3, -0.25) is 0 Å². The van der Waals surface area contributed by atoms with E-state index in [1.807, 2.05) is 0 Å². The first-order valence-electron chi connectivity index (χ1n) is 7.83. The van der Waals surface area contributed by atoms with E-state index in [9.17, 15) is 5.11 Å². The van der Waals surface area contributed by atoms with E-state index in [-0.39, 0.29) is 6.10 Å². The van der Waals surface area contributed by atoms with Crippen molar-refractivity contribution in [3.8, 4) is 0 Å². The molecular formula is C17H28N2O. The molecule has 1 aromatic carbocycles. The highest BCUT2D eigenvalue weighted by molar-refractivity contribution is 5.54. The van der Waals surface area contributed by atoms with Crippen LogP contribution < -0.4 is 10.2 Å². The van der Waals surface area contributed by atoms with E-state index in [4.69, 9.17) is 0 Å². The zero-order chi connectivity index (χ0) is 14.5. The average molecular weight is 276 g/mol. The SMILES string of the molecule is CCCNC(C)c1ccccc1N(C)CC1CC(O)C1. The van der Waals surface area contributed by atoms with Gasteiger partial charge in [0.15, 0.2) is 0 Å². The Morgan fingerprint density at radius 1 is 1.35 bits per heavy atom. The fourth-order valence-corrected chi connectivity index (χ4v) is 3.01. The van der Waals surface area contributed by atoms with Crippen molar-refractivity contribution in [1.29, 1.82) is 0 Å². The molecule has 3 nitrogen and oxygen atoms in total. The van der Waals surface area contributed by atoms with Crippen molar-refractivity contribution in [3.05, 3.63) is 29.8 Å². The molecule has 0 saturated heterocycles. The summed E-state index contributed by atoms with van der Waals surface area (Å²) in [6.45, 7) is 6.51. The molecular weight excluding hydrogens is 248 g/mol. The summed E-state index contributed by atoms with van der Waals surface area (Å²) >= 11 is 0. The van der Waals surface area contributed by atoms with Crippen molar-refractivity contribution in [2.24, 2.45) is 5.92 Å². The molecule has 1 atom stereocenters. The number of rotatable bonds is 7. The highest BCUT2D eigenvalue weighted by Crippen LogP contribution is 2.31. The van der Waals surface area contributed by atoms with Crippen LogP contribution in [0.25, 0.3) is 0 Å². The average Bonchev–Trinajstić information content (AvgIpc) is 2.43. The van der Waals surface area contributed by atoms with Crippen molar-refractivity contribution >= 4 is 5.69 Å². The first-order valence-corrected chi connectivity index (χ1v) is 7.83. The topological polar surface area (TPSA) is 35.5 Å². The molecule has 1 aliphatic rings. The molecule has 0 bridgehead atoms. The predicted octanol–water partition coefficient (Wildman–Crippen LogP) is 2.95. The second-order valence-corrected chi connectivity index (χ2v) is 6.11. The molecule has 0 heterocycles. The van der Waals surface area contributed by atoms with Gasteiger partial charge in [0.1, 0.15) is 0 Å². The third-order valence-electron chi connectivity index (χ3n) is 4.26. The second kappa shape index (κ2) is 7.09. The van der Waals surface area contributed by atoms with Gasteiger partial charge >= 0.3 is 0 Å². The van der Waals surface area contributed by atoms with Crippen molar-refractivity contribution in [2.45, 2.75) is 45.3 Å². The van der Waals surface area contributed by atoms with Gasteiger partial charge in [-0.25, -0.2) is 0 Å². The number of hydrogen-bond acceptors (Lipinski definition) is 3. The summed E-state index contributed by atoms with van der Waals surface area (Å²) in [5.74, 6) is 0.641. The zero-order valence-electron chi connectivity index (χ0n) is 13.0. The third-order valence-corrected chi connectivity index (χ3v) is 4.26. The molecule has 0 aromatic heterocycles. The van der Waals surface area contributed by atoms with Crippen molar-refractivity contribution in [2.75, 3.05) is 25.0 Å². The van der Waals surface area contributed by atoms with Crippen LogP contribution in [0.5, 0.6) is 0 Å². The molecule has 112 valence electrons. The summed E-state index contributed by atoms with van der Waals surface area (Å²) in [7, 11) is 2.16. The Bertz CT molecular complexity index is 415. The van der Waals surface area contributed by atoms with Gasteiger partial charge < -0.3 is 15.3 Å². The minimum absolute atomic E-state index is 0.0613. The lowest BCUT2D eigenvalue weighted by Gasteiger charge is -2.36. The normalized spacial score (nSPS) is 23.2. The summed E-state index contributed by atoms with van der Waals surface area (Å²) in [5.41, 5.74) is 2.67. The lowest BCUT2D eigenvalue weighted by Crippen LogP contribution is -2.37. The Labute approximate surface area is 123 Å². The van der Waals surface area contributed by atoms with Crippen LogP contribution in [0.2, 0.25) is 0 Å². The molecule has 20 heavy (non-hydrogen) atoms. The molecule has 1 fully saturated rings. The summed E-state index contributed by atoms with van der Waals surface area (Å²) in [5, 5.41) is 13.0. The Morgan fingerprint density at radius 2 is 2.05 bits per heavy atom. The van der Waals surface area contributed by atoms with Crippen LogP contribution in [0.3, 0.4) is 0 Å². The number of para-hydroxylation sites is 1. The minimum atomic E-state index is -0.0613. The van der Waals surface area contributed by atoms with E-state index >= 15 is 0 Å². The van der Waals surface area contributed by atoms with Crippen molar-refractivity contribution in [1.82, 2.24) is 5.32 Å². The Kier molecular flexibility index (Phi) is 5.44. The van der Waals surface area contributed by atoms with Crippen molar-refractivity contribution < 1.29 is 5.11 Å². The van der Waals surface area contributed by atoms with E-state index in [1.165, 1.54) is 11.3 Å². The maximum Gasteiger partial charge on any atom is 0.0546 e. The number of aliphatic hydroxyl groups is 1.